The zero-order valence-electron chi connectivity index (χ0n) is 11.9. The van der Waals surface area contributed by atoms with Crippen molar-refractivity contribution < 1.29 is 4.74 Å². The molecule has 0 saturated heterocycles. The quantitative estimate of drug-likeness (QED) is 0.816. The molecule has 2 heteroatoms. The molecule has 0 fully saturated rings. The van der Waals surface area contributed by atoms with Gasteiger partial charge >= 0.3 is 0 Å². The predicted octanol–water partition coefficient (Wildman–Crippen LogP) is 4.24. The van der Waals surface area contributed by atoms with Crippen molar-refractivity contribution in [1.29, 1.82) is 0 Å². The molecule has 0 aromatic heterocycles. The van der Waals surface area contributed by atoms with Crippen LogP contribution in [0.2, 0.25) is 0 Å². The van der Waals surface area contributed by atoms with Gasteiger partial charge in [-0.1, -0.05) is 24.1 Å². The topological polar surface area (TPSA) is 21.3 Å². The van der Waals surface area contributed by atoms with Crippen molar-refractivity contribution in [1.82, 2.24) is 0 Å². The van der Waals surface area contributed by atoms with Gasteiger partial charge in [-0.25, -0.2) is 0 Å². The largest absolute Gasteiger partial charge is 0.494 e. The highest BCUT2D eigenvalue weighted by atomic mass is 16.5. The van der Waals surface area contributed by atoms with Crippen molar-refractivity contribution in [2.24, 2.45) is 0 Å². The number of ether oxygens (including phenoxy) is 1. The van der Waals surface area contributed by atoms with Crippen LogP contribution in [-0.4, -0.2) is 6.61 Å². The van der Waals surface area contributed by atoms with E-state index >= 15 is 0 Å². The molecule has 1 unspecified atom stereocenters. The molecule has 2 rings (SSSR count). The average molecular weight is 265 g/mol. The third kappa shape index (κ3) is 3.55. The first-order chi connectivity index (χ1) is 9.72. The van der Waals surface area contributed by atoms with E-state index in [1.807, 2.05) is 43.3 Å². The summed E-state index contributed by atoms with van der Waals surface area (Å²) < 4.78 is 5.45. The minimum absolute atomic E-state index is 0.207. The smallest absolute Gasteiger partial charge is 0.119 e. The summed E-state index contributed by atoms with van der Waals surface area (Å²) in [6.07, 6.45) is 5.41. The van der Waals surface area contributed by atoms with Gasteiger partial charge in [-0.15, -0.1) is 6.42 Å². The highest BCUT2D eigenvalue weighted by Crippen LogP contribution is 2.22. The Balaban J connectivity index is 2.07. The molecule has 0 spiro atoms. The Bertz CT molecular complexity index is 596. The van der Waals surface area contributed by atoms with Crippen LogP contribution < -0.4 is 10.1 Å². The molecule has 102 valence electrons. The first-order valence-electron chi connectivity index (χ1n) is 6.79. The summed E-state index contributed by atoms with van der Waals surface area (Å²) in [6, 6.07) is 16.2. The lowest BCUT2D eigenvalue weighted by atomic mass is 10.1. The Morgan fingerprint density at radius 3 is 2.60 bits per heavy atom. The fraction of sp³-hybridized carbons (Fsp3) is 0.222. The van der Waals surface area contributed by atoms with Crippen molar-refractivity contribution in [3.63, 3.8) is 0 Å². The van der Waals surface area contributed by atoms with E-state index in [1.54, 1.807) is 0 Å². The van der Waals surface area contributed by atoms with Gasteiger partial charge in [-0.05, 0) is 49.7 Å². The molecule has 1 atom stereocenters. The average Bonchev–Trinajstić information content (AvgIpc) is 2.48. The summed E-state index contributed by atoms with van der Waals surface area (Å²) in [4.78, 5) is 0. The first-order valence-corrected chi connectivity index (χ1v) is 6.79. The second-order valence-electron chi connectivity index (χ2n) is 4.59. The van der Waals surface area contributed by atoms with Crippen LogP contribution in [-0.2, 0) is 0 Å². The number of terminal acetylenes is 1. The van der Waals surface area contributed by atoms with E-state index in [0.29, 0.717) is 6.61 Å². The SMILES string of the molecule is C#Cc1cccc(NC(C)c2ccc(OCC)cc2)c1. The molecular weight excluding hydrogens is 246 g/mol. The number of hydrogen-bond acceptors (Lipinski definition) is 2. The first kappa shape index (κ1) is 14.0. The Kier molecular flexibility index (Phi) is 4.68. The molecule has 0 saturated carbocycles. The Labute approximate surface area is 120 Å². The van der Waals surface area contributed by atoms with Gasteiger partial charge < -0.3 is 10.1 Å². The van der Waals surface area contributed by atoms with Crippen LogP contribution in [0.1, 0.15) is 31.0 Å². The van der Waals surface area contributed by atoms with Gasteiger partial charge in [0.05, 0.1) is 6.61 Å². The third-order valence-corrected chi connectivity index (χ3v) is 3.10. The summed E-state index contributed by atoms with van der Waals surface area (Å²) in [7, 11) is 0. The fourth-order valence-electron chi connectivity index (χ4n) is 2.05. The van der Waals surface area contributed by atoms with E-state index in [0.717, 1.165) is 17.0 Å². The van der Waals surface area contributed by atoms with Gasteiger partial charge in [-0.3, -0.25) is 0 Å². The lowest BCUT2D eigenvalue weighted by Gasteiger charge is -2.16. The van der Waals surface area contributed by atoms with E-state index < -0.39 is 0 Å². The van der Waals surface area contributed by atoms with Crippen LogP contribution in [0.25, 0.3) is 0 Å². The molecule has 0 aliphatic carbocycles. The van der Waals surface area contributed by atoms with Gasteiger partial charge in [0.1, 0.15) is 5.75 Å². The maximum absolute atomic E-state index is 5.45. The third-order valence-electron chi connectivity index (χ3n) is 3.10. The molecular formula is C18H19NO. The lowest BCUT2D eigenvalue weighted by Crippen LogP contribution is -2.06. The van der Waals surface area contributed by atoms with Crippen molar-refractivity contribution in [3.8, 4) is 18.1 Å². The van der Waals surface area contributed by atoms with Gasteiger partial charge in [0.15, 0.2) is 0 Å². The predicted molar refractivity (Wildman–Crippen MR) is 84.0 cm³/mol. The molecule has 2 nitrogen and oxygen atoms in total. The second kappa shape index (κ2) is 6.68. The Morgan fingerprint density at radius 2 is 1.95 bits per heavy atom. The molecule has 0 amide bonds. The van der Waals surface area contributed by atoms with Crippen LogP contribution in [0.3, 0.4) is 0 Å². The van der Waals surface area contributed by atoms with Crippen molar-refractivity contribution in [2.75, 3.05) is 11.9 Å². The normalized spacial score (nSPS) is 11.4. The maximum Gasteiger partial charge on any atom is 0.119 e. The van der Waals surface area contributed by atoms with E-state index in [1.165, 1.54) is 5.56 Å². The molecule has 20 heavy (non-hydrogen) atoms. The van der Waals surface area contributed by atoms with Crippen LogP contribution >= 0.6 is 0 Å². The van der Waals surface area contributed by atoms with Crippen LogP contribution in [0.15, 0.2) is 48.5 Å². The van der Waals surface area contributed by atoms with Crippen molar-refractivity contribution in [3.05, 3.63) is 59.7 Å². The highest BCUT2D eigenvalue weighted by molar-refractivity contribution is 5.51. The molecule has 0 heterocycles. The van der Waals surface area contributed by atoms with Gasteiger partial charge in [-0.2, -0.15) is 0 Å². The van der Waals surface area contributed by atoms with E-state index in [4.69, 9.17) is 11.2 Å². The molecule has 0 bridgehead atoms. The van der Waals surface area contributed by atoms with E-state index in [2.05, 4.69) is 30.3 Å². The van der Waals surface area contributed by atoms with Gasteiger partial charge in [0, 0.05) is 17.3 Å². The fourth-order valence-corrected chi connectivity index (χ4v) is 2.05. The Morgan fingerprint density at radius 1 is 1.20 bits per heavy atom. The Hall–Kier alpha value is -2.40. The highest BCUT2D eigenvalue weighted by Gasteiger charge is 2.05. The number of rotatable bonds is 5. The minimum Gasteiger partial charge on any atom is -0.494 e. The summed E-state index contributed by atoms with van der Waals surface area (Å²) in [5.74, 6) is 3.55. The van der Waals surface area contributed by atoms with E-state index in [-0.39, 0.29) is 6.04 Å². The molecule has 1 N–H and O–H groups in total. The molecule has 2 aromatic rings. The van der Waals surface area contributed by atoms with Crippen LogP contribution in [0.5, 0.6) is 5.75 Å². The van der Waals surface area contributed by atoms with Gasteiger partial charge in [0.2, 0.25) is 0 Å². The summed E-state index contributed by atoms with van der Waals surface area (Å²) in [5.41, 5.74) is 3.12. The van der Waals surface area contributed by atoms with Gasteiger partial charge in [0.25, 0.3) is 0 Å². The van der Waals surface area contributed by atoms with Crippen molar-refractivity contribution >= 4 is 5.69 Å². The number of benzene rings is 2. The zero-order chi connectivity index (χ0) is 14.4. The monoisotopic (exact) mass is 265 g/mol. The maximum atomic E-state index is 5.45. The zero-order valence-corrected chi connectivity index (χ0v) is 11.9. The standard InChI is InChI=1S/C18H19NO/c1-4-15-7-6-8-17(13-15)19-14(3)16-9-11-18(12-10-16)20-5-2/h1,6-14,19H,5H2,2-3H3. The summed E-state index contributed by atoms with van der Waals surface area (Å²) in [5, 5.41) is 3.45. The van der Waals surface area contributed by atoms with Crippen molar-refractivity contribution in [2.45, 2.75) is 19.9 Å². The minimum atomic E-state index is 0.207. The number of hydrogen-bond donors (Lipinski definition) is 1. The summed E-state index contributed by atoms with van der Waals surface area (Å²) >= 11 is 0. The van der Waals surface area contributed by atoms with Crippen LogP contribution in [0.4, 0.5) is 5.69 Å². The second-order valence-corrected chi connectivity index (χ2v) is 4.59. The molecule has 0 radical (unpaired) electrons. The summed E-state index contributed by atoms with van der Waals surface area (Å²) in [6.45, 7) is 4.79. The molecule has 0 aliphatic heterocycles. The van der Waals surface area contributed by atoms with E-state index in [9.17, 15) is 0 Å². The number of anilines is 1. The lowest BCUT2D eigenvalue weighted by molar-refractivity contribution is 0.340. The molecule has 2 aromatic carbocycles. The molecule has 0 aliphatic rings. The van der Waals surface area contributed by atoms with Crippen LogP contribution in [0, 0.1) is 12.3 Å². The number of nitrogens with one attached hydrogen (secondary N) is 1.